The monoisotopic (exact) mass is 444 g/mol. The zero-order chi connectivity index (χ0) is 21.4. The molecule has 0 N–H and O–H groups in total. The molecule has 30 heavy (non-hydrogen) atoms. The molecule has 1 saturated carbocycles. The van der Waals surface area contributed by atoms with E-state index in [1.54, 1.807) is 4.90 Å². The summed E-state index contributed by atoms with van der Waals surface area (Å²) in [4.78, 5) is 16.3. The predicted molar refractivity (Wildman–Crippen MR) is 102 cm³/mol. The van der Waals surface area contributed by atoms with Gasteiger partial charge in [-0.1, -0.05) is 23.7 Å². The van der Waals surface area contributed by atoms with Crippen LogP contribution in [0, 0.1) is 11.6 Å². The van der Waals surface area contributed by atoms with E-state index < -0.39 is 23.8 Å². The van der Waals surface area contributed by atoms with Crippen molar-refractivity contribution in [2.75, 3.05) is 26.2 Å². The molecule has 1 aliphatic carbocycles. The van der Waals surface area contributed by atoms with Gasteiger partial charge in [-0.2, -0.15) is 5.10 Å². The Labute approximate surface area is 176 Å². The Morgan fingerprint density at radius 2 is 1.87 bits per heavy atom. The smallest absolute Gasteiger partial charge is 0.283 e. The maximum absolute atomic E-state index is 13.9. The predicted octanol–water partition coefficient (Wildman–Crippen LogP) is 3.97. The SMILES string of the molecule is O=C(Cn1nc(C(F)F)c(Cl)c1C1CC1)N1CCN(Cc2cccc(F)c2F)CC1. The van der Waals surface area contributed by atoms with Gasteiger partial charge in [0.2, 0.25) is 5.91 Å². The minimum absolute atomic E-state index is 0.0396. The largest absolute Gasteiger partial charge is 0.339 e. The van der Waals surface area contributed by atoms with Crippen molar-refractivity contribution < 1.29 is 22.4 Å². The molecule has 5 nitrogen and oxygen atoms in total. The number of carbonyl (C=O) groups excluding carboxylic acids is 1. The van der Waals surface area contributed by atoms with Crippen LogP contribution in [0.25, 0.3) is 0 Å². The summed E-state index contributed by atoms with van der Waals surface area (Å²) in [6.45, 7) is 1.93. The number of nitrogens with zero attached hydrogens (tertiary/aromatic N) is 4. The van der Waals surface area contributed by atoms with E-state index in [1.165, 1.54) is 16.8 Å². The molecule has 1 aromatic carbocycles. The lowest BCUT2D eigenvalue weighted by molar-refractivity contribution is -0.133. The molecule has 1 amide bonds. The van der Waals surface area contributed by atoms with Crippen molar-refractivity contribution in [3.8, 4) is 0 Å². The van der Waals surface area contributed by atoms with Crippen molar-refractivity contribution in [1.29, 1.82) is 0 Å². The first-order chi connectivity index (χ1) is 14.3. The summed E-state index contributed by atoms with van der Waals surface area (Å²) >= 11 is 6.10. The van der Waals surface area contributed by atoms with Crippen LogP contribution >= 0.6 is 11.6 Å². The lowest BCUT2D eigenvalue weighted by atomic mass is 10.1. The van der Waals surface area contributed by atoms with Gasteiger partial charge in [0.15, 0.2) is 11.6 Å². The molecule has 2 aromatic rings. The third kappa shape index (κ3) is 4.32. The van der Waals surface area contributed by atoms with E-state index in [9.17, 15) is 22.4 Å². The van der Waals surface area contributed by atoms with Gasteiger partial charge in [-0.25, -0.2) is 17.6 Å². The topological polar surface area (TPSA) is 41.4 Å². The van der Waals surface area contributed by atoms with Gasteiger partial charge in [0.05, 0.1) is 10.7 Å². The molecule has 0 atom stereocenters. The number of halogens is 5. The van der Waals surface area contributed by atoms with E-state index in [0.29, 0.717) is 31.9 Å². The summed E-state index contributed by atoms with van der Waals surface area (Å²) in [5, 5.41) is 3.85. The fourth-order valence-electron chi connectivity index (χ4n) is 3.77. The third-order valence-electron chi connectivity index (χ3n) is 5.56. The van der Waals surface area contributed by atoms with E-state index in [2.05, 4.69) is 5.10 Å². The number of carbonyl (C=O) groups is 1. The molecular weight excluding hydrogens is 424 g/mol. The molecule has 2 aliphatic rings. The highest BCUT2D eigenvalue weighted by molar-refractivity contribution is 6.32. The molecule has 1 saturated heterocycles. The first-order valence-corrected chi connectivity index (χ1v) is 10.2. The second-order valence-electron chi connectivity index (χ2n) is 7.69. The highest BCUT2D eigenvalue weighted by atomic mass is 35.5. The van der Waals surface area contributed by atoms with Crippen LogP contribution < -0.4 is 0 Å². The van der Waals surface area contributed by atoms with Crippen LogP contribution in [0.5, 0.6) is 0 Å². The molecule has 0 unspecified atom stereocenters. The number of hydrogen-bond acceptors (Lipinski definition) is 3. The maximum atomic E-state index is 13.9. The van der Waals surface area contributed by atoms with Crippen LogP contribution in [-0.4, -0.2) is 51.7 Å². The summed E-state index contributed by atoms with van der Waals surface area (Å²) in [6, 6.07) is 4.08. The van der Waals surface area contributed by atoms with Crippen LogP contribution in [0.4, 0.5) is 17.6 Å². The van der Waals surface area contributed by atoms with E-state index in [1.807, 2.05) is 4.90 Å². The van der Waals surface area contributed by atoms with Crippen molar-refractivity contribution in [2.45, 2.75) is 38.3 Å². The number of alkyl halides is 2. The Hall–Kier alpha value is -2.13. The third-order valence-corrected chi connectivity index (χ3v) is 5.95. The molecule has 0 bridgehead atoms. The zero-order valence-electron chi connectivity index (χ0n) is 16.1. The van der Waals surface area contributed by atoms with Crippen LogP contribution in [0.1, 0.15) is 42.1 Å². The molecule has 10 heteroatoms. The minimum atomic E-state index is -2.79. The Bertz CT molecular complexity index is 939. The van der Waals surface area contributed by atoms with E-state index >= 15 is 0 Å². The van der Waals surface area contributed by atoms with Crippen LogP contribution in [0.15, 0.2) is 18.2 Å². The average Bonchev–Trinajstić information content (AvgIpc) is 3.49. The van der Waals surface area contributed by atoms with E-state index in [-0.39, 0.29) is 35.5 Å². The van der Waals surface area contributed by atoms with Crippen LogP contribution in [0.2, 0.25) is 5.02 Å². The fraction of sp³-hybridized carbons (Fsp3) is 0.500. The van der Waals surface area contributed by atoms with Crippen molar-refractivity contribution in [3.05, 3.63) is 51.8 Å². The Balaban J connectivity index is 1.37. The van der Waals surface area contributed by atoms with Crippen LogP contribution in [-0.2, 0) is 17.9 Å². The molecule has 0 radical (unpaired) electrons. The molecule has 1 aliphatic heterocycles. The summed E-state index contributed by atoms with van der Waals surface area (Å²) in [6.07, 6.45) is -1.10. The molecule has 162 valence electrons. The second kappa shape index (κ2) is 8.55. The van der Waals surface area contributed by atoms with Gasteiger partial charge < -0.3 is 4.90 Å². The van der Waals surface area contributed by atoms with Crippen LogP contribution in [0.3, 0.4) is 0 Å². The lowest BCUT2D eigenvalue weighted by Crippen LogP contribution is -2.49. The van der Waals surface area contributed by atoms with Crippen molar-refractivity contribution >= 4 is 17.5 Å². The van der Waals surface area contributed by atoms with Gasteiger partial charge in [0.1, 0.15) is 12.2 Å². The molecule has 0 spiro atoms. The number of piperazine rings is 1. The number of aromatic nitrogens is 2. The number of amides is 1. The maximum Gasteiger partial charge on any atom is 0.283 e. The molecule has 2 fully saturated rings. The summed E-state index contributed by atoms with van der Waals surface area (Å²) < 4.78 is 54.9. The quantitative estimate of drug-likeness (QED) is 0.633. The second-order valence-corrected chi connectivity index (χ2v) is 8.06. The summed E-state index contributed by atoms with van der Waals surface area (Å²) in [5.74, 6) is -1.89. The summed E-state index contributed by atoms with van der Waals surface area (Å²) in [7, 11) is 0. The van der Waals surface area contributed by atoms with Gasteiger partial charge in [-0.15, -0.1) is 0 Å². The van der Waals surface area contributed by atoms with Crippen molar-refractivity contribution in [3.63, 3.8) is 0 Å². The van der Waals surface area contributed by atoms with E-state index in [0.717, 1.165) is 18.9 Å². The van der Waals surface area contributed by atoms with Crippen molar-refractivity contribution in [1.82, 2.24) is 19.6 Å². The first-order valence-electron chi connectivity index (χ1n) is 9.82. The van der Waals surface area contributed by atoms with Gasteiger partial charge in [-0.05, 0) is 18.9 Å². The van der Waals surface area contributed by atoms with Gasteiger partial charge in [0, 0.05) is 44.2 Å². The standard InChI is InChI=1S/C20H21ClF4N4O/c21-16-18(20(24)25)26-29(19(16)12-4-5-12)11-15(30)28-8-6-27(7-9-28)10-13-2-1-3-14(22)17(13)23/h1-3,12,20H,4-11H2. The Kier molecular flexibility index (Phi) is 6.02. The normalized spacial score (nSPS) is 17.7. The van der Waals surface area contributed by atoms with Gasteiger partial charge in [-0.3, -0.25) is 14.4 Å². The Morgan fingerprint density at radius 3 is 2.50 bits per heavy atom. The molecule has 2 heterocycles. The molecular formula is C20H21ClF4N4O. The number of hydrogen-bond donors (Lipinski definition) is 0. The summed E-state index contributed by atoms with van der Waals surface area (Å²) in [5.41, 5.74) is 0.309. The fourth-order valence-corrected chi connectivity index (χ4v) is 4.15. The minimum Gasteiger partial charge on any atom is -0.339 e. The molecule has 1 aromatic heterocycles. The number of rotatable bonds is 6. The number of benzene rings is 1. The van der Waals surface area contributed by atoms with Crippen molar-refractivity contribution in [2.24, 2.45) is 0 Å². The first kappa shape index (κ1) is 21.1. The highest BCUT2D eigenvalue weighted by Gasteiger charge is 2.35. The average molecular weight is 445 g/mol. The van der Waals surface area contributed by atoms with Gasteiger partial charge in [0.25, 0.3) is 6.43 Å². The zero-order valence-corrected chi connectivity index (χ0v) is 16.9. The molecule has 4 rings (SSSR count). The van der Waals surface area contributed by atoms with E-state index in [4.69, 9.17) is 11.6 Å². The van der Waals surface area contributed by atoms with Gasteiger partial charge >= 0.3 is 0 Å². The highest BCUT2D eigenvalue weighted by Crippen LogP contribution is 2.45. The Morgan fingerprint density at radius 1 is 1.17 bits per heavy atom. The lowest BCUT2D eigenvalue weighted by Gasteiger charge is -2.35.